The van der Waals surface area contributed by atoms with E-state index in [0.717, 1.165) is 35.0 Å². The quantitative estimate of drug-likeness (QED) is 0.286. The number of esters is 1. The summed E-state index contributed by atoms with van der Waals surface area (Å²) in [5.74, 6) is -1.08. The number of nitrogens with zero attached hydrogens (tertiary/aromatic N) is 2. The molecule has 0 amide bonds. The summed E-state index contributed by atoms with van der Waals surface area (Å²) in [5, 5.41) is 15.3. The van der Waals surface area contributed by atoms with E-state index in [-0.39, 0.29) is 54.3 Å². The molecule has 0 saturated carbocycles. The fourth-order valence-corrected chi connectivity index (χ4v) is 6.18. The second-order valence-electron chi connectivity index (χ2n) is 10.4. The Kier molecular flexibility index (Phi) is 4.91. The Balaban J connectivity index is 1.47. The third kappa shape index (κ3) is 3.07. The maximum Gasteiger partial charge on any atom is 0.343 e. The molecule has 0 bridgehead atoms. The summed E-state index contributed by atoms with van der Waals surface area (Å²) in [6.07, 6.45) is 2.11. The van der Waals surface area contributed by atoms with Crippen LogP contribution in [0.4, 0.5) is 4.39 Å². The molecule has 5 heterocycles. The van der Waals surface area contributed by atoms with E-state index in [9.17, 15) is 19.1 Å². The third-order valence-electron chi connectivity index (χ3n) is 8.50. The number of hydrogen-bond acceptors (Lipinski definition) is 8. The van der Waals surface area contributed by atoms with E-state index in [1.165, 1.54) is 6.07 Å². The number of aromatic nitrogens is 2. The molecule has 4 aliphatic rings. The van der Waals surface area contributed by atoms with Crippen molar-refractivity contribution in [2.75, 3.05) is 6.54 Å². The zero-order chi connectivity index (χ0) is 25.6. The SMILES string of the molecule is CCC1(O)C(=O)OCc2c1cc1n(c2=O)Cc2c-1nc1cc(F)c(C)c3c1c2C(ONC1CCN1)CC3. The summed E-state index contributed by atoms with van der Waals surface area (Å²) in [6.45, 7) is 4.47. The Morgan fingerprint density at radius 1 is 1.30 bits per heavy atom. The van der Waals surface area contributed by atoms with Crippen molar-refractivity contribution in [2.45, 2.75) is 70.6 Å². The van der Waals surface area contributed by atoms with Gasteiger partial charge in [0.2, 0.25) is 0 Å². The summed E-state index contributed by atoms with van der Waals surface area (Å²) in [5.41, 5.74) is 6.25. The maximum absolute atomic E-state index is 15.0. The molecule has 9 nitrogen and oxygen atoms in total. The molecular formula is C27H27FN4O5. The number of aliphatic hydroxyl groups is 1. The van der Waals surface area contributed by atoms with Gasteiger partial charge in [-0.15, -0.1) is 0 Å². The predicted molar refractivity (Wildman–Crippen MR) is 131 cm³/mol. The number of fused-ring (bicyclic) bond motifs is 5. The van der Waals surface area contributed by atoms with Crippen LogP contribution in [-0.2, 0) is 39.5 Å². The van der Waals surface area contributed by atoms with Gasteiger partial charge in [-0.1, -0.05) is 6.92 Å². The Morgan fingerprint density at radius 2 is 2.11 bits per heavy atom. The largest absolute Gasteiger partial charge is 0.458 e. The Morgan fingerprint density at radius 3 is 2.84 bits per heavy atom. The van der Waals surface area contributed by atoms with E-state index in [0.29, 0.717) is 35.3 Å². The van der Waals surface area contributed by atoms with Gasteiger partial charge in [0.1, 0.15) is 18.5 Å². The minimum atomic E-state index is -1.90. The Labute approximate surface area is 211 Å². The smallest absolute Gasteiger partial charge is 0.343 e. The zero-order valence-corrected chi connectivity index (χ0v) is 20.6. The number of ether oxygens (including phenoxy) is 1. The van der Waals surface area contributed by atoms with E-state index >= 15 is 0 Å². The van der Waals surface area contributed by atoms with Crippen LogP contribution in [0.5, 0.6) is 0 Å². The van der Waals surface area contributed by atoms with Gasteiger partial charge >= 0.3 is 5.97 Å². The van der Waals surface area contributed by atoms with Crippen LogP contribution < -0.4 is 16.4 Å². The molecule has 1 saturated heterocycles. The number of pyridine rings is 2. The Hall–Kier alpha value is -3.18. The van der Waals surface area contributed by atoms with Crippen molar-refractivity contribution in [3.05, 3.63) is 61.7 Å². The number of rotatable bonds is 4. The van der Waals surface area contributed by atoms with Gasteiger partial charge in [-0.25, -0.2) is 14.2 Å². The lowest BCUT2D eigenvalue weighted by molar-refractivity contribution is -0.172. The second kappa shape index (κ2) is 7.91. The maximum atomic E-state index is 15.0. The highest BCUT2D eigenvalue weighted by Crippen LogP contribution is 2.46. The molecule has 3 atom stereocenters. The van der Waals surface area contributed by atoms with Crippen molar-refractivity contribution in [1.82, 2.24) is 20.3 Å². The molecule has 1 aromatic carbocycles. The second-order valence-corrected chi connectivity index (χ2v) is 10.4. The van der Waals surface area contributed by atoms with Crippen LogP contribution in [0.3, 0.4) is 0 Å². The summed E-state index contributed by atoms with van der Waals surface area (Å²) >= 11 is 0. The lowest BCUT2D eigenvalue weighted by atomic mass is 9.83. The summed E-state index contributed by atoms with van der Waals surface area (Å²) in [4.78, 5) is 37.2. The molecule has 3 aliphatic heterocycles. The first kappa shape index (κ1) is 23.0. The summed E-state index contributed by atoms with van der Waals surface area (Å²) in [6, 6.07) is 3.12. The van der Waals surface area contributed by atoms with Crippen molar-refractivity contribution in [1.29, 1.82) is 0 Å². The first-order chi connectivity index (χ1) is 17.8. The van der Waals surface area contributed by atoms with E-state index in [4.69, 9.17) is 14.6 Å². The molecule has 3 N–H and O–H groups in total. The van der Waals surface area contributed by atoms with Crippen molar-refractivity contribution in [3.63, 3.8) is 0 Å². The average molecular weight is 507 g/mol. The third-order valence-corrected chi connectivity index (χ3v) is 8.50. The lowest BCUT2D eigenvalue weighted by Gasteiger charge is -2.33. The predicted octanol–water partition coefficient (Wildman–Crippen LogP) is 2.36. The molecular weight excluding hydrogens is 479 g/mol. The Bertz CT molecular complexity index is 1580. The highest BCUT2D eigenvalue weighted by atomic mass is 19.1. The molecule has 37 heavy (non-hydrogen) atoms. The molecule has 3 unspecified atom stereocenters. The van der Waals surface area contributed by atoms with E-state index in [1.54, 1.807) is 24.5 Å². The number of halogens is 1. The molecule has 2 aromatic heterocycles. The number of cyclic esters (lactones) is 1. The van der Waals surface area contributed by atoms with Gasteiger partial charge in [-0.05, 0) is 61.9 Å². The summed E-state index contributed by atoms with van der Waals surface area (Å²) < 4.78 is 21.7. The molecule has 1 aliphatic carbocycles. The minimum absolute atomic E-state index is 0.0651. The fourth-order valence-electron chi connectivity index (χ4n) is 6.18. The van der Waals surface area contributed by atoms with Gasteiger partial charge in [0.25, 0.3) is 5.56 Å². The van der Waals surface area contributed by atoms with E-state index < -0.39 is 11.6 Å². The van der Waals surface area contributed by atoms with Crippen LogP contribution in [0.1, 0.15) is 65.7 Å². The van der Waals surface area contributed by atoms with Gasteiger partial charge in [-0.2, -0.15) is 5.48 Å². The van der Waals surface area contributed by atoms with Crippen LogP contribution in [0, 0.1) is 12.7 Å². The monoisotopic (exact) mass is 506 g/mol. The normalized spacial score (nSPS) is 25.4. The number of hydrogen-bond donors (Lipinski definition) is 3. The lowest BCUT2D eigenvalue weighted by Crippen LogP contribution is -2.52. The number of aryl methyl sites for hydroxylation is 1. The molecule has 192 valence electrons. The van der Waals surface area contributed by atoms with Crippen LogP contribution in [0.15, 0.2) is 16.9 Å². The van der Waals surface area contributed by atoms with Crippen molar-refractivity contribution < 1.29 is 23.9 Å². The van der Waals surface area contributed by atoms with Crippen molar-refractivity contribution in [2.24, 2.45) is 0 Å². The molecule has 7 rings (SSSR count). The standard InChI is InChI=1S/C27H27FN4O5/c1-3-27(35)16-8-19-24-14(10-32(19)25(33)15(16)11-36-26(27)34)23-20(37-31-21-6-7-29-21)5-4-13-12(2)17(28)9-18(30-24)22(13)23/h8-9,20-21,29,31,35H,3-7,10-11H2,1-2H3. The van der Waals surface area contributed by atoms with Gasteiger partial charge in [0.05, 0.1) is 35.2 Å². The molecule has 0 spiro atoms. The van der Waals surface area contributed by atoms with Gasteiger partial charge in [-0.3, -0.25) is 14.9 Å². The van der Waals surface area contributed by atoms with Crippen molar-refractivity contribution >= 4 is 16.9 Å². The number of benzene rings is 1. The number of carbonyl (C=O) groups is 1. The number of nitrogens with one attached hydrogen (secondary N) is 2. The van der Waals surface area contributed by atoms with E-state index in [1.807, 2.05) is 0 Å². The fraction of sp³-hybridized carbons (Fsp3) is 0.444. The van der Waals surface area contributed by atoms with Crippen molar-refractivity contribution in [3.8, 4) is 11.4 Å². The van der Waals surface area contributed by atoms with E-state index in [2.05, 4.69) is 10.8 Å². The van der Waals surface area contributed by atoms with Crippen LogP contribution in [-0.4, -0.2) is 33.3 Å². The first-order valence-electron chi connectivity index (χ1n) is 12.8. The van der Waals surface area contributed by atoms with Crippen LogP contribution in [0.2, 0.25) is 0 Å². The molecule has 10 heteroatoms. The average Bonchev–Trinajstić information content (AvgIpc) is 3.23. The van der Waals surface area contributed by atoms with Crippen LogP contribution in [0.25, 0.3) is 22.3 Å². The van der Waals surface area contributed by atoms with Gasteiger partial charge < -0.3 is 14.4 Å². The summed E-state index contributed by atoms with van der Waals surface area (Å²) in [7, 11) is 0. The first-order valence-corrected chi connectivity index (χ1v) is 12.8. The number of carbonyl (C=O) groups excluding carboxylic acids is 1. The van der Waals surface area contributed by atoms with Gasteiger partial charge in [0.15, 0.2) is 5.60 Å². The topological polar surface area (TPSA) is 115 Å². The minimum Gasteiger partial charge on any atom is -0.458 e. The number of hydroxylamine groups is 1. The zero-order valence-electron chi connectivity index (χ0n) is 20.6. The highest BCUT2D eigenvalue weighted by Gasteiger charge is 2.46. The highest BCUT2D eigenvalue weighted by molar-refractivity contribution is 5.93. The molecule has 3 aromatic rings. The van der Waals surface area contributed by atoms with Crippen LogP contribution >= 0.6 is 0 Å². The molecule has 0 radical (unpaired) electrons. The van der Waals surface area contributed by atoms with Gasteiger partial charge in [0, 0.05) is 22.6 Å². The molecule has 1 fully saturated rings.